The van der Waals surface area contributed by atoms with Crippen LogP contribution in [0.1, 0.15) is 33.2 Å². The average Bonchev–Trinajstić information content (AvgIpc) is 2.66. The SMILES string of the molecule is O=C(N[C@H](c1ccccc1)c1ccccn1)c1ccccc1C(F)(F)F. The monoisotopic (exact) mass is 356 g/mol. The van der Waals surface area contributed by atoms with Crippen molar-refractivity contribution >= 4 is 5.91 Å². The lowest BCUT2D eigenvalue weighted by Gasteiger charge is -2.20. The lowest BCUT2D eigenvalue weighted by atomic mass is 10.0. The van der Waals surface area contributed by atoms with Gasteiger partial charge in [-0.2, -0.15) is 13.2 Å². The molecule has 0 radical (unpaired) electrons. The van der Waals surface area contributed by atoms with Gasteiger partial charge in [-0.25, -0.2) is 0 Å². The average molecular weight is 356 g/mol. The van der Waals surface area contributed by atoms with Gasteiger partial charge < -0.3 is 5.32 Å². The van der Waals surface area contributed by atoms with Crippen molar-refractivity contribution < 1.29 is 18.0 Å². The van der Waals surface area contributed by atoms with Crippen LogP contribution in [0.25, 0.3) is 0 Å². The molecule has 0 aliphatic carbocycles. The number of aromatic nitrogens is 1. The van der Waals surface area contributed by atoms with Gasteiger partial charge in [-0.15, -0.1) is 0 Å². The van der Waals surface area contributed by atoms with Crippen LogP contribution in [0.15, 0.2) is 79.0 Å². The Morgan fingerprint density at radius 1 is 0.885 bits per heavy atom. The van der Waals surface area contributed by atoms with Crippen LogP contribution in [-0.2, 0) is 6.18 Å². The Labute approximate surface area is 148 Å². The van der Waals surface area contributed by atoms with E-state index in [1.165, 1.54) is 18.2 Å². The molecule has 0 aliphatic heterocycles. The quantitative estimate of drug-likeness (QED) is 0.741. The highest BCUT2D eigenvalue weighted by Gasteiger charge is 2.35. The van der Waals surface area contributed by atoms with Crippen LogP contribution in [0.2, 0.25) is 0 Å². The molecule has 132 valence electrons. The highest BCUT2D eigenvalue weighted by molar-refractivity contribution is 5.96. The first-order valence-corrected chi connectivity index (χ1v) is 7.90. The van der Waals surface area contributed by atoms with Crippen molar-refractivity contribution in [3.8, 4) is 0 Å². The van der Waals surface area contributed by atoms with Gasteiger partial charge >= 0.3 is 6.18 Å². The Bertz CT molecular complexity index is 841. The lowest BCUT2D eigenvalue weighted by Crippen LogP contribution is -2.31. The summed E-state index contributed by atoms with van der Waals surface area (Å²) in [5, 5.41) is 2.68. The smallest absolute Gasteiger partial charge is 0.340 e. The highest BCUT2D eigenvalue weighted by atomic mass is 19.4. The summed E-state index contributed by atoms with van der Waals surface area (Å²) in [5.41, 5.74) is -0.122. The molecular weight excluding hydrogens is 341 g/mol. The van der Waals surface area contributed by atoms with Gasteiger partial charge in [0.25, 0.3) is 5.91 Å². The fraction of sp³-hybridized carbons (Fsp3) is 0.100. The maximum Gasteiger partial charge on any atom is 0.417 e. The number of pyridine rings is 1. The molecule has 1 atom stereocenters. The van der Waals surface area contributed by atoms with E-state index in [9.17, 15) is 18.0 Å². The van der Waals surface area contributed by atoms with Crippen LogP contribution < -0.4 is 5.32 Å². The topological polar surface area (TPSA) is 42.0 Å². The number of nitrogens with zero attached hydrogens (tertiary/aromatic N) is 1. The van der Waals surface area contributed by atoms with Crippen LogP contribution in [0.3, 0.4) is 0 Å². The summed E-state index contributed by atoms with van der Waals surface area (Å²) in [5.74, 6) is -0.808. The summed E-state index contributed by atoms with van der Waals surface area (Å²) in [4.78, 5) is 16.9. The van der Waals surface area contributed by atoms with Crippen molar-refractivity contribution in [3.05, 3.63) is 101 Å². The van der Waals surface area contributed by atoms with Gasteiger partial charge in [0, 0.05) is 6.20 Å². The molecule has 0 saturated heterocycles. The zero-order chi connectivity index (χ0) is 18.6. The third kappa shape index (κ3) is 3.91. The molecule has 1 amide bonds. The van der Waals surface area contributed by atoms with Crippen LogP contribution in [0.5, 0.6) is 0 Å². The van der Waals surface area contributed by atoms with Gasteiger partial charge in [0.2, 0.25) is 0 Å². The number of benzene rings is 2. The minimum Gasteiger partial charge on any atom is -0.340 e. The number of hydrogen-bond acceptors (Lipinski definition) is 2. The highest BCUT2D eigenvalue weighted by Crippen LogP contribution is 2.32. The molecule has 0 spiro atoms. The Morgan fingerprint density at radius 3 is 2.19 bits per heavy atom. The van der Waals surface area contributed by atoms with E-state index >= 15 is 0 Å². The van der Waals surface area contributed by atoms with Crippen LogP contribution in [-0.4, -0.2) is 10.9 Å². The number of rotatable bonds is 4. The zero-order valence-electron chi connectivity index (χ0n) is 13.6. The van der Waals surface area contributed by atoms with Crippen LogP contribution >= 0.6 is 0 Å². The molecule has 1 aromatic heterocycles. The molecule has 0 bridgehead atoms. The Morgan fingerprint density at radius 2 is 1.54 bits per heavy atom. The maximum atomic E-state index is 13.2. The van der Waals surface area contributed by atoms with Crippen molar-refractivity contribution in [2.45, 2.75) is 12.2 Å². The van der Waals surface area contributed by atoms with Crippen molar-refractivity contribution in [1.82, 2.24) is 10.3 Å². The van der Waals surface area contributed by atoms with Gasteiger partial charge in [0.1, 0.15) is 0 Å². The van der Waals surface area contributed by atoms with Crippen molar-refractivity contribution in [2.75, 3.05) is 0 Å². The fourth-order valence-corrected chi connectivity index (χ4v) is 2.66. The largest absolute Gasteiger partial charge is 0.417 e. The number of carbonyl (C=O) groups excluding carboxylic acids is 1. The van der Waals surface area contributed by atoms with Crippen LogP contribution in [0, 0.1) is 0 Å². The third-order valence-corrected chi connectivity index (χ3v) is 3.87. The van der Waals surface area contributed by atoms with E-state index in [0.717, 1.165) is 11.6 Å². The first kappa shape index (κ1) is 17.7. The Hall–Kier alpha value is -3.15. The standard InChI is InChI=1S/C20H15F3N2O/c21-20(22,23)16-11-5-4-10-15(16)19(26)25-18(14-8-2-1-3-9-14)17-12-6-7-13-24-17/h1-13,18H,(H,25,26)/t18-/m1/s1. The number of carbonyl (C=O) groups is 1. The number of nitrogens with one attached hydrogen (secondary N) is 1. The molecule has 0 aliphatic rings. The predicted octanol–water partition coefficient (Wildman–Crippen LogP) is 4.62. The lowest BCUT2D eigenvalue weighted by molar-refractivity contribution is -0.137. The molecule has 1 N–H and O–H groups in total. The molecule has 26 heavy (non-hydrogen) atoms. The molecule has 6 heteroatoms. The molecule has 0 fully saturated rings. The Balaban J connectivity index is 1.97. The summed E-state index contributed by atoms with van der Waals surface area (Å²) >= 11 is 0. The van der Waals surface area contributed by atoms with E-state index in [0.29, 0.717) is 5.69 Å². The summed E-state index contributed by atoms with van der Waals surface area (Å²) in [6, 6.07) is 18.2. The van der Waals surface area contributed by atoms with E-state index in [-0.39, 0.29) is 0 Å². The van der Waals surface area contributed by atoms with Gasteiger partial charge in [-0.1, -0.05) is 48.5 Å². The van der Waals surface area contributed by atoms with E-state index in [1.807, 2.05) is 6.07 Å². The Kier molecular flexibility index (Phi) is 5.02. The van der Waals surface area contributed by atoms with Gasteiger partial charge in [0.05, 0.1) is 22.9 Å². The van der Waals surface area contributed by atoms with Gasteiger partial charge in [0.15, 0.2) is 0 Å². The van der Waals surface area contributed by atoms with Gasteiger partial charge in [-0.3, -0.25) is 9.78 Å². The minimum absolute atomic E-state index is 0.420. The number of alkyl halides is 3. The van der Waals surface area contributed by atoms with E-state index < -0.39 is 29.3 Å². The summed E-state index contributed by atoms with van der Waals surface area (Å²) < 4.78 is 39.6. The molecule has 3 aromatic rings. The summed E-state index contributed by atoms with van der Waals surface area (Å²) in [6.07, 6.45) is -3.04. The molecular formula is C20H15F3N2O. The molecule has 3 rings (SSSR count). The predicted molar refractivity (Wildman–Crippen MR) is 91.4 cm³/mol. The number of amides is 1. The molecule has 1 heterocycles. The van der Waals surface area contributed by atoms with Crippen LogP contribution in [0.4, 0.5) is 13.2 Å². The second-order valence-electron chi connectivity index (χ2n) is 5.62. The minimum atomic E-state index is -4.61. The summed E-state index contributed by atoms with van der Waals surface area (Å²) in [7, 11) is 0. The first-order valence-electron chi connectivity index (χ1n) is 7.90. The fourth-order valence-electron chi connectivity index (χ4n) is 2.66. The maximum absolute atomic E-state index is 13.2. The van der Waals surface area contributed by atoms with Crippen molar-refractivity contribution in [3.63, 3.8) is 0 Å². The van der Waals surface area contributed by atoms with Crippen molar-refractivity contribution in [1.29, 1.82) is 0 Å². The molecule has 2 aromatic carbocycles. The second kappa shape index (κ2) is 7.39. The first-order chi connectivity index (χ1) is 12.5. The van der Waals surface area contributed by atoms with Crippen molar-refractivity contribution in [2.24, 2.45) is 0 Å². The second-order valence-corrected chi connectivity index (χ2v) is 5.62. The van der Waals surface area contributed by atoms with Gasteiger partial charge in [-0.05, 0) is 29.8 Å². The summed E-state index contributed by atoms with van der Waals surface area (Å²) in [6.45, 7) is 0. The van der Waals surface area contributed by atoms with E-state index in [1.54, 1.807) is 48.7 Å². The number of hydrogen-bond donors (Lipinski definition) is 1. The molecule has 0 unspecified atom stereocenters. The molecule has 3 nitrogen and oxygen atoms in total. The molecule has 0 saturated carbocycles. The normalized spacial score (nSPS) is 12.4. The third-order valence-electron chi connectivity index (χ3n) is 3.87. The van der Waals surface area contributed by atoms with E-state index in [2.05, 4.69) is 10.3 Å². The number of halogens is 3. The van der Waals surface area contributed by atoms with E-state index in [4.69, 9.17) is 0 Å². The zero-order valence-corrected chi connectivity index (χ0v) is 13.6.